The van der Waals surface area contributed by atoms with Gasteiger partial charge >= 0.3 is 5.97 Å². The molecule has 1 heterocycles. The molecule has 1 aromatic heterocycles. The van der Waals surface area contributed by atoms with Gasteiger partial charge in [-0.05, 0) is 57.5 Å². The number of carbonyl (C=O) groups is 3. The molecule has 0 aliphatic rings. The molecule has 0 saturated carbocycles. The standard InChI is InChI=1S/C19H21NO6S/c1-10-16(12(3)21)11(2)20-17(10)18(22)13(4)26-19(23)14-6-8-15(9-7-14)27(5,24)25/h6-9,13,20H,1-5H3/t13-/m0/s1. The summed E-state index contributed by atoms with van der Waals surface area (Å²) in [5.41, 5.74) is 1.91. The van der Waals surface area contributed by atoms with Crippen LogP contribution in [-0.2, 0) is 14.6 Å². The van der Waals surface area contributed by atoms with E-state index in [1.165, 1.54) is 38.1 Å². The summed E-state index contributed by atoms with van der Waals surface area (Å²) in [6, 6.07) is 5.26. The number of aryl methyl sites for hydroxylation is 1. The van der Waals surface area contributed by atoms with Crippen molar-refractivity contribution < 1.29 is 27.5 Å². The van der Waals surface area contributed by atoms with Crippen LogP contribution in [0.5, 0.6) is 0 Å². The Hall–Kier alpha value is -2.74. The van der Waals surface area contributed by atoms with E-state index in [1.54, 1.807) is 13.8 Å². The molecule has 0 amide bonds. The first-order valence-corrected chi connectivity index (χ1v) is 10.1. The lowest BCUT2D eigenvalue weighted by atomic mass is 10.0. The minimum atomic E-state index is -3.37. The zero-order valence-electron chi connectivity index (χ0n) is 15.7. The number of nitrogens with one attached hydrogen (secondary N) is 1. The summed E-state index contributed by atoms with van der Waals surface area (Å²) >= 11 is 0. The van der Waals surface area contributed by atoms with Gasteiger partial charge in [-0.15, -0.1) is 0 Å². The first-order chi connectivity index (χ1) is 12.4. The Morgan fingerprint density at radius 3 is 2.07 bits per heavy atom. The number of ether oxygens (including phenoxy) is 1. The van der Waals surface area contributed by atoms with Crippen molar-refractivity contribution in [1.82, 2.24) is 4.98 Å². The van der Waals surface area contributed by atoms with Gasteiger partial charge in [0.15, 0.2) is 21.7 Å². The van der Waals surface area contributed by atoms with Gasteiger partial charge in [0.2, 0.25) is 5.78 Å². The van der Waals surface area contributed by atoms with Gasteiger partial charge in [-0.3, -0.25) is 9.59 Å². The summed E-state index contributed by atoms with van der Waals surface area (Å²) in [5.74, 6) is -1.36. The molecule has 0 aliphatic carbocycles. The van der Waals surface area contributed by atoms with Gasteiger partial charge in [0, 0.05) is 17.5 Å². The summed E-state index contributed by atoms with van der Waals surface area (Å²) in [6.07, 6.45) is -0.0134. The molecule has 2 aromatic rings. The molecule has 1 aromatic carbocycles. The van der Waals surface area contributed by atoms with E-state index in [4.69, 9.17) is 4.74 Å². The van der Waals surface area contributed by atoms with Crippen molar-refractivity contribution in [2.45, 2.75) is 38.7 Å². The van der Waals surface area contributed by atoms with Crippen molar-refractivity contribution in [2.75, 3.05) is 6.26 Å². The Labute approximate surface area is 157 Å². The summed E-state index contributed by atoms with van der Waals surface area (Å²) in [5, 5.41) is 0. The molecule has 0 radical (unpaired) electrons. The van der Waals surface area contributed by atoms with Crippen LogP contribution < -0.4 is 0 Å². The smallest absolute Gasteiger partial charge is 0.338 e. The second kappa shape index (κ2) is 7.48. The molecule has 0 bridgehead atoms. The number of aromatic amines is 1. The highest BCUT2D eigenvalue weighted by atomic mass is 32.2. The van der Waals surface area contributed by atoms with E-state index in [9.17, 15) is 22.8 Å². The first kappa shape index (κ1) is 20.6. The van der Waals surface area contributed by atoms with Crippen LogP contribution in [0.25, 0.3) is 0 Å². The predicted molar refractivity (Wildman–Crippen MR) is 99.0 cm³/mol. The Bertz CT molecular complexity index is 1020. The van der Waals surface area contributed by atoms with Gasteiger partial charge in [0.1, 0.15) is 0 Å². The van der Waals surface area contributed by atoms with E-state index in [0.717, 1.165) is 6.26 Å². The number of ketones is 2. The topological polar surface area (TPSA) is 110 Å². The number of hydrogen-bond acceptors (Lipinski definition) is 6. The third-order valence-electron chi connectivity index (χ3n) is 4.21. The minimum absolute atomic E-state index is 0.0809. The van der Waals surface area contributed by atoms with E-state index >= 15 is 0 Å². The molecule has 0 fully saturated rings. The number of rotatable bonds is 6. The number of benzene rings is 1. The van der Waals surface area contributed by atoms with E-state index in [-0.39, 0.29) is 21.9 Å². The molecule has 144 valence electrons. The summed E-state index contributed by atoms with van der Waals surface area (Å²) < 4.78 is 28.1. The Morgan fingerprint density at radius 2 is 1.63 bits per heavy atom. The second-order valence-electron chi connectivity index (χ2n) is 6.39. The predicted octanol–water partition coefficient (Wildman–Crippen LogP) is 2.67. The van der Waals surface area contributed by atoms with E-state index < -0.39 is 27.7 Å². The highest BCUT2D eigenvalue weighted by Gasteiger charge is 2.26. The molecule has 0 aliphatic heterocycles. The average molecular weight is 391 g/mol. The van der Waals surface area contributed by atoms with Gasteiger partial charge in [-0.25, -0.2) is 13.2 Å². The molecule has 0 unspecified atom stereocenters. The maximum Gasteiger partial charge on any atom is 0.338 e. The molecular weight excluding hydrogens is 370 g/mol. The molecule has 0 spiro atoms. The zero-order valence-corrected chi connectivity index (χ0v) is 16.6. The van der Waals surface area contributed by atoms with Crippen LogP contribution in [0.4, 0.5) is 0 Å². The number of Topliss-reactive ketones (excluding diaryl/α,β-unsaturated/α-hetero) is 2. The van der Waals surface area contributed by atoms with Gasteiger partial charge in [0.05, 0.1) is 16.2 Å². The van der Waals surface area contributed by atoms with Crippen molar-refractivity contribution in [2.24, 2.45) is 0 Å². The number of carbonyl (C=O) groups excluding carboxylic acids is 3. The van der Waals surface area contributed by atoms with Crippen LogP contribution in [0.1, 0.15) is 56.3 Å². The Morgan fingerprint density at radius 1 is 1.07 bits per heavy atom. The van der Waals surface area contributed by atoms with Gasteiger partial charge in [-0.1, -0.05) is 0 Å². The Balaban J connectivity index is 2.18. The number of aromatic nitrogens is 1. The maximum atomic E-state index is 12.6. The monoisotopic (exact) mass is 391 g/mol. The molecule has 0 saturated heterocycles. The third-order valence-corrected chi connectivity index (χ3v) is 5.34. The minimum Gasteiger partial charge on any atom is -0.451 e. The number of esters is 1. The molecule has 1 atom stereocenters. The van der Waals surface area contributed by atoms with E-state index in [0.29, 0.717) is 16.8 Å². The molecule has 2 rings (SSSR count). The van der Waals surface area contributed by atoms with Crippen molar-refractivity contribution in [3.05, 3.63) is 52.3 Å². The highest BCUT2D eigenvalue weighted by Crippen LogP contribution is 2.21. The quantitative estimate of drug-likeness (QED) is 0.599. The lowest BCUT2D eigenvalue weighted by molar-refractivity contribution is 0.0317. The van der Waals surface area contributed by atoms with Crippen molar-refractivity contribution in [1.29, 1.82) is 0 Å². The van der Waals surface area contributed by atoms with Crippen LogP contribution in [0.3, 0.4) is 0 Å². The molecule has 8 heteroatoms. The molecule has 27 heavy (non-hydrogen) atoms. The lowest BCUT2D eigenvalue weighted by Crippen LogP contribution is -2.25. The summed E-state index contributed by atoms with van der Waals surface area (Å²) in [4.78, 5) is 39.5. The Kier molecular flexibility index (Phi) is 5.70. The van der Waals surface area contributed by atoms with Crippen LogP contribution in [-0.4, -0.2) is 43.3 Å². The first-order valence-electron chi connectivity index (χ1n) is 8.19. The van der Waals surface area contributed by atoms with Gasteiger partial charge in [0.25, 0.3) is 0 Å². The van der Waals surface area contributed by atoms with Crippen molar-refractivity contribution in [3.63, 3.8) is 0 Å². The number of hydrogen-bond donors (Lipinski definition) is 1. The fourth-order valence-electron chi connectivity index (χ4n) is 2.85. The zero-order chi connectivity index (χ0) is 20.5. The van der Waals surface area contributed by atoms with Gasteiger partial charge in [-0.2, -0.15) is 0 Å². The fourth-order valence-corrected chi connectivity index (χ4v) is 3.48. The number of H-pyrrole nitrogens is 1. The van der Waals surface area contributed by atoms with Crippen LogP contribution >= 0.6 is 0 Å². The normalized spacial score (nSPS) is 12.5. The average Bonchev–Trinajstić information content (AvgIpc) is 2.87. The van der Waals surface area contributed by atoms with Crippen molar-refractivity contribution >= 4 is 27.4 Å². The lowest BCUT2D eigenvalue weighted by Gasteiger charge is -2.12. The second-order valence-corrected chi connectivity index (χ2v) is 8.41. The van der Waals surface area contributed by atoms with Crippen molar-refractivity contribution in [3.8, 4) is 0 Å². The molecule has 7 nitrogen and oxygen atoms in total. The third kappa shape index (κ3) is 4.33. The van der Waals surface area contributed by atoms with Crippen LogP contribution in [0, 0.1) is 13.8 Å². The van der Waals surface area contributed by atoms with E-state index in [1.807, 2.05) is 0 Å². The SMILES string of the molecule is CC(=O)c1c(C)[nH]c(C(=O)[C@H](C)OC(=O)c2ccc(S(C)(=O)=O)cc2)c1C. The fraction of sp³-hybridized carbons (Fsp3) is 0.316. The van der Waals surface area contributed by atoms with Crippen LogP contribution in [0.15, 0.2) is 29.2 Å². The summed E-state index contributed by atoms with van der Waals surface area (Å²) in [7, 11) is -3.37. The number of sulfone groups is 1. The van der Waals surface area contributed by atoms with Crippen LogP contribution in [0.2, 0.25) is 0 Å². The summed E-state index contributed by atoms with van der Waals surface area (Å²) in [6.45, 7) is 6.21. The maximum absolute atomic E-state index is 12.6. The van der Waals surface area contributed by atoms with Gasteiger partial charge < -0.3 is 9.72 Å². The van der Waals surface area contributed by atoms with E-state index in [2.05, 4.69) is 4.98 Å². The molecular formula is C19H21NO6S. The molecule has 1 N–H and O–H groups in total. The highest BCUT2D eigenvalue weighted by molar-refractivity contribution is 7.90. The largest absolute Gasteiger partial charge is 0.451 e.